The Balaban J connectivity index is 2.11. The van der Waals surface area contributed by atoms with Crippen LogP contribution in [0.1, 0.15) is 5.56 Å². The molecule has 0 bridgehead atoms. The van der Waals surface area contributed by atoms with Crippen LogP contribution < -0.4 is 10.1 Å². The molecular formula is C14H11BrF3NO. The molecule has 106 valence electrons. The summed E-state index contributed by atoms with van der Waals surface area (Å²) in [5, 5.41) is 2.99. The molecule has 2 aromatic carbocycles. The molecule has 0 aliphatic heterocycles. The molecule has 2 nitrogen and oxygen atoms in total. The second kappa shape index (κ2) is 6.17. The molecule has 0 heterocycles. The van der Waals surface area contributed by atoms with E-state index in [0.29, 0.717) is 11.3 Å². The number of rotatable bonds is 4. The van der Waals surface area contributed by atoms with Crippen LogP contribution in [0.4, 0.5) is 18.9 Å². The van der Waals surface area contributed by atoms with Crippen LogP contribution in [0.5, 0.6) is 5.75 Å². The SMILES string of the molecule is COc1ccc(NCc2cc(F)c(F)c(F)c2)cc1Br. The van der Waals surface area contributed by atoms with Crippen LogP contribution in [0, 0.1) is 17.5 Å². The number of halogens is 4. The normalized spacial score (nSPS) is 10.4. The van der Waals surface area contributed by atoms with Crippen molar-refractivity contribution in [3.05, 3.63) is 57.8 Å². The number of ether oxygens (including phenoxy) is 1. The van der Waals surface area contributed by atoms with E-state index in [9.17, 15) is 13.2 Å². The van der Waals surface area contributed by atoms with E-state index >= 15 is 0 Å². The molecule has 0 radical (unpaired) electrons. The third-order valence-corrected chi connectivity index (χ3v) is 3.31. The van der Waals surface area contributed by atoms with Crippen molar-refractivity contribution in [1.82, 2.24) is 0 Å². The van der Waals surface area contributed by atoms with E-state index in [-0.39, 0.29) is 6.54 Å². The van der Waals surface area contributed by atoms with Crippen LogP contribution in [0.2, 0.25) is 0 Å². The maximum absolute atomic E-state index is 13.1. The Hall–Kier alpha value is -1.69. The average Bonchev–Trinajstić information content (AvgIpc) is 2.42. The minimum absolute atomic E-state index is 0.174. The number of anilines is 1. The van der Waals surface area contributed by atoms with Crippen molar-refractivity contribution < 1.29 is 17.9 Å². The van der Waals surface area contributed by atoms with E-state index in [4.69, 9.17) is 4.74 Å². The summed E-state index contributed by atoms with van der Waals surface area (Å²) in [5.74, 6) is -3.18. The molecule has 0 aromatic heterocycles. The summed E-state index contributed by atoms with van der Waals surface area (Å²) in [6.07, 6.45) is 0. The molecule has 0 amide bonds. The summed E-state index contributed by atoms with van der Waals surface area (Å²) in [6, 6.07) is 7.21. The zero-order chi connectivity index (χ0) is 14.7. The topological polar surface area (TPSA) is 21.3 Å². The Labute approximate surface area is 122 Å². The molecule has 0 fully saturated rings. The minimum Gasteiger partial charge on any atom is -0.496 e. The van der Waals surface area contributed by atoms with Crippen molar-refractivity contribution in [2.24, 2.45) is 0 Å². The standard InChI is InChI=1S/C14H11BrF3NO/c1-20-13-3-2-9(6-10(13)15)19-7-8-4-11(16)14(18)12(17)5-8/h2-6,19H,7H2,1H3. The lowest BCUT2D eigenvalue weighted by Crippen LogP contribution is -2.02. The molecule has 0 aliphatic rings. The van der Waals surface area contributed by atoms with Gasteiger partial charge in [0.1, 0.15) is 5.75 Å². The molecule has 0 saturated heterocycles. The summed E-state index contributed by atoms with van der Waals surface area (Å²) in [5.41, 5.74) is 1.05. The van der Waals surface area contributed by atoms with E-state index in [1.54, 1.807) is 25.3 Å². The first-order valence-corrected chi connectivity index (χ1v) is 6.51. The van der Waals surface area contributed by atoms with Gasteiger partial charge < -0.3 is 10.1 Å². The van der Waals surface area contributed by atoms with Crippen LogP contribution in [0.25, 0.3) is 0 Å². The van der Waals surface area contributed by atoms with E-state index < -0.39 is 17.5 Å². The molecule has 0 aliphatic carbocycles. The lowest BCUT2D eigenvalue weighted by molar-refractivity contribution is 0.412. The molecule has 2 rings (SSSR count). The molecule has 0 saturated carbocycles. The van der Waals surface area contributed by atoms with Gasteiger partial charge in [0.05, 0.1) is 11.6 Å². The van der Waals surface area contributed by atoms with Gasteiger partial charge in [0, 0.05) is 12.2 Å². The minimum atomic E-state index is -1.46. The number of hydrogen-bond donors (Lipinski definition) is 1. The summed E-state index contributed by atoms with van der Waals surface area (Å²) >= 11 is 3.33. The Morgan fingerprint density at radius 3 is 2.30 bits per heavy atom. The zero-order valence-electron chi connectivity index (χ0n) is 10.5. The van der Waals surface area contributed by atoms with Crippen LogP contribution in [-0.4, -0.2) is 7.11 Å². The predicted molar refractivity (Wildman–Crippen MR) is 74.3 cm³/mol. The lowest BCUT2D eigenvalue weighted by Gasteiger charge is -2.09. The molecule has 0 atom stereocenters. The fourth-order valence-corrected chi connectivity index (χ4v) is 2.23. The summed E-state index contributed by atoms with van der Waals surface area (Å²) < 4.78 is 44.8. The molecule has 0 unspecified atom stereocenters. The number of hydrogen-bond acceptors (Lipinski definition) is 2. The molecule has 0 spiro atoms. The average molecular weight is 346 g/mol. The number of methoxy groups -OCH3 is 1. The lowest BCUT2D eigenvalue weighted by atomic mass is 10.2. The molecular weight excluding hydrogens is 335 g/mol. The quantitative estimate of drug-likeness (QED) is 0.824. The van der Waals surface area contributed by atoms with Crippen molar-refractivity contribution in [2.75, 3.05) is 12.4 Å². The maximum Gasteiger partial charge on any atom is 0.194 e. The van der Waals surface area contributed by atoms with Gasteiger partial charge in [0.15, 0.2) is 17.5 Å². The van der Waals surface area contributed by atoms with Crippen LogP contribution in [-0.2, 0) is 6.54 Å². The predicted octanol–water partition coefficient (Wildman–Crippen LogP) is 4.49. The highest BCUT2D eigenvalue weighted by molar-refractivity contribution is 9.10. The Bertz CT molecular complexity index is 611. The highest BCUT2D eigenvalue weighted by atomic mass is 79.9. The maximum atomic E-state index is 13.1. The second-order valence-electron chi connectivity index (χ2n) is 4.08. The molecule has 2 aromatic rings. The molecule has 20 heavy (non-hydrogen) atoms. The van der Waals surface area contributed by atoms with E-state index in [1.807, 2.05) is 0 Å². The van der Waals surface area contributed by atoms with Gasteiger partial charge in [-0.2, -0.15) is 0 Å². The first kappa shape index (κ1) is 14.7. The Morgan fingerprint density at radius 1 is 1.10 bits per heavy atom. The largest absolute Gasteiger partial charge is 0.496 e. The van der Waals surface area contributed by atoms with Gasteiger partial charge >= 0.3 is 0 Å². The monoisotopic (exact) mass is 345 g/mol. The van der Waals surface area contributed by atoms with Crippen LogP contribution in [0.3, 0.4) is 0 Å². The first-order chi connectivity index (χ1) is 9.51. The van der Waals surface area contributed by atoms with Crippen LogP contribution >= 0.6 is 15.9 Å². The van der Waals surface area contributed by atoms with Crippen molar-refractivity contribution in [3.8, 4) is 5.75 Å². The van der Waals surface area contributed by atoms with Gasteiger partial charge in [-0.25, -0.2) is 13.2 Å². The van der Waals surface area contributed by atoms with Gasteiger partial charge in [-0.1, -0.05) is 0 Å². The second-order valence-corrected chi connectivity index (χ2v) is 4.93. The smallest absolute Gasteiger partial charge is 0.194 e. The van der Waals surface area contributed by atoms with Crippen molar-refractivity contribution in [1.29, 1.82) is 0 Å². The van der Waals surface area contributed by atoms with Gasteiger partial charge in [-0.3, -0.25) is 0 Å². The first-order valence-electron chi connectivity index (χ1n) is 5.72. The fourth-order valence-electron chi connectivity index (χ4n) is 1.69. The Kier molecular flexibility index (Phi) is 4.54. The van der Waals surface area contributed by atoms with E-state index in [0.717, 1.165) is 22.3 Å². The van der Waals surface area contributed by atoms with Gasteiger partial charge in [-0.05, 0) is 51.8 Å². The van der Waals surface area contributed by atoms with Crippen molar-refractivity contribution >= 4 is 21.6 Å². The third kappa shape index (κ3) is 3.25. The third-order valence-electron chi connectivity index (χ3n) is 2.69. The highest BCUT2D eigenvalue weighted by Crippen LogP contribution is 2.28. The molecule has 1 N–H and O–H groups in total. The molecule has 6 heteroatoms. The summed E-state index contributed by atoms with van der Waals surface area (Å²) in [7, 11) is 1.55. The van der Waals surface area contributed by atoms with E-state index in [2.05, 4.69) is 21.2 Å². The number of nitrogens with one attached hydrogen (secondary N) is 1. The number of benzene rings is 2. The van der Waals surface area contributed by atoms with Crippen molar-refractivity contribution in [3.63, 3.8) is 0 Å². The van der Waals surface area contributed by atoms with Gasteiger partial charge in [0.2, 0.25) is 0 Å². The Morgan fingerprint density at radius 2 is 1.75 bits per heavy atom. The van der Waals surface area contributed by atoms with Gasteiger partial charge in [0.25, 0.3) is 0 Å². The summed E-state index contributed by atoms with van der Waals surface area (Å²) in [6.45, 7) is 0.174. The van der Waals surface area contributed by atoms with E-state index in [1.165, 1.54) is 0 Å². The fraction of sp³-hybridized carbons (Fsp3) is 0.143. The summed E-state index contributed by atoms with van der Waals surface area (Å²) in [4.78, 5) is 0. The van der Waals surface area contributed by atoms with Crippen molar-refractivity contribution in [2.45, 2.75) is 6.54 Å². The van der Waals surface area contributed by atoms with Gasteiger partial charge in [-0.15, -0.1) is 0 Å². The van der Waals surface area contributed by atoms with Crippen LogP contribution in [0.15, 0.2) is 34.8 Å². The zero-order valence-corrected chi connectivity index (χ0v) is 12.1. The highest BCUT2D eigenvalue weighted by Gasteiger charge is 2.10.